The van der Waals surface area contributed by atoms with Gasteiger partial charge in [0, 0.05) is 11.1 Å². The summed E-state index contributed by atoms with van der Waals surface area (Å²) in [5.74, 6) is 0.306. The number of rotatable bonds is 6. The molecule has 2 rings (SSSR count). The van der Waals surface area contributed by atoms with E-state index < -0.39 is 0 Å². The van der Waals surface area contributed by atoms with Crippen LogP contribution in [0.15, 0.2) is 47.6 Å². The number of ether oxygens (including phenoxy) is 1. The first-order valence-corrected chi connectivity index (χ1v) is 7.61. The maximum absolute atomic E-state index is 12.1. The normalized spacial score (nSPS) is 11.2. The van der Waals surface area contributed by atoms with E-state index in [1.165, 1.54) is 18.2 Å². The lowest BCUT2D eigenvalue weighted by Crippen LogP contribution is -2.19. The first-order chi connectivity index (χ1) is 11.5. The number of hydrogen-bond acceptors (Lipinski definition) is 5. The lowest BCUT2D eigenvalue weighted by Gasteiger charge is -2.07. The first kappa shape index (κ1) is 17.3. The van der Waals surface area contributed by atoms with Crippen molar-refractivity contribution in [3.63, 3.8) is 0 Å². The zero-order valence-electron chi connectivity index (χ0n) is 13.6. The molecule has 0 atom stereocenters. The van der Waals surface area contributed by atoms with Crippen LogP contribution >= 0.6 is 0 Å². The Bertz CT molecular complexity index is 739. The molecule has 0 unspecified atom stereocenters. The average molecular weight is 328 g/mol. The minimum absolute atomic E-state index is 0.00587. The van der Waals surface area contributed by atoms with Crippen molar-refractivity contribution in [3.8, 4) is 17.2 Å². The summed E-state index contributed by atoms with van der Waals surface area (Å²) in [4.78, 5) is 12.1. The Morgan fingerprint density at radius 3 is 2.54 bits per heavy atom. The number of phenolic OH excluding ortho intramolecular Hbond substituents is 2. The Kier molecular flexibility index (Phi) is 5.78. The van der Waals surface area contributed by atoms with Crippen molar-refractivity contribution in [1.82, 2.24) is 5.43 Å². The van der Waals surface area contributed by atoms with Crippen LogP contribution in [-0.2, 0) is 0 Å². The van der Waals surface area contributed by atoms with Gasteiger partial charge in [0.15, 0.2) is 0 Å². The topological polar surface area (TPSA) is 91.2 Å². The number of phenols is 2. The third-order valence-corrected chi connectivity index (χ3v) is 3.28. The Labute approximate surface area is 140 Å². The number of nitrogens with zero attached hydrogens (tertiary/aromatic N) is 1. The molecule has 0 fully saturated rings. The van der Waals surface area contributed by atoms with E-state index in [0.717, 1.165) is 6.42 Å². The SMILES string of the molecule is CCCOc1ccc(C(=O)N/N=C(\C)c2cc(O)ccc2O)cc1. The molecule has 0 aromatic heterocycles. The van der Waals surface area contributed by atoms with E-state index in [-0.39, 0.29) is 17.4 Å². The average Bonchev–Trinajstić information content (AvgIpc) is 2.60. The molecule has 0 aliphatic rings. The van der Waals surface area contributed by atoms with Gasteiger partial charge in [0.05, 0.1) is 12.3 Å². The molecule has 2 aromatic rings. The van der Waals surface area contributed by atoms with E-state index in [0.29, 0.717) is 29.2 Å². The van der Waals surface area contributed by atoms with Gasteiger partial charge >= 0.3 is 0 Å². The second-order valence-corrected chi connectivity index (χ2v) is 5.21. The van der Waals surface area contributed by atoms with Gasteiger partial charge in [-0.1, -0.05) is 6.92 Å². The van der Waals surface area contributed by atoms with Crippen molar-refractivity contribution in [2.24, 2.45) is 5.10 Å². The van der Waals surface area contributed by atoms with Crippen LogP contribution < -0.4 is 10.2 Å². The largest absolute Gasteiger partial charge is 0.508 e. The summed E-state index contributed by atoms with van der Waals surface area (Å²) in [6, 6.07) is 10.9. The van der Waals surface area contributed by atoms with Gasteiger partial charge in [-0.3, -0.25) is 4.79 Å². The number of hydrogen-bond donors (Lipinski definition) is 3. The summed E-state index contributed by atoms with van der Waals surface area (Å²) in [6.45, 7) is 4.27. The third-order valence-electron chi connectivity index (χ3n) is 3.28. The van der Waals surface area contributed by atoms with Crippen LogP contribution in [0.2, 0.25) is 0 Å². The zero-order valence-corrected chi connectivity index (χ0v) is 13.6. The van der Waals surface area contributed by atoms with E-state index >= 15 is 0 Å². The van der Waals surface area contributed by atoms with Crippen LogP contribution in [0.3, 0.4) is 0 Å². The van der Waals surface area contributed by atoms with E-state index in [1.54, 1.807) is 31.2 Å². The lowest BCUT2D eigenvalue weighted by atomic mass is 10.1. The molecule has 126 valence electrons. The molecule has 6 heteroatoms. The van der Waals surface area contributed by atoms with Crippen molar-refractivity contribution >= 4 is 11.6 Å². The van der Waals surface area contributed by atoms with E-state index in [1.807, 2.05) is 6.92 Å². The fraction of sp³-hybridized carbons (Fsp3) is 0.222. The lowest BCUT2D eigenvalue weighted by molar-refractivity contribution is 0.0954. The van der Waals surface area contributed by atoms with Crippen LogP contribution in [-0.4, -0.2) is 28.4 Å². The van der Waals surface area contributed by atoms with Gasteiger partial charge < -0.3 is 14.9 Å². The van der Waals surface area contributed by atoms with Gasteiger partial charge in [0.25, 0.3) is 5.91 Å². The Morgan fingerprint density at radius 1 is 1.17 bits per heavy atom. The maximum Gasteiger partial charge on any atom is 0.271 e. The van der Waals surface area contributed by atoms with Crippen LogP contribution in [0, 0.1) is 0 Å². The molecule has 0 saturated heterocycles. The van der Waals surface area contributed by atoms with Gasteiger partial charge in [-0.15, -0.1) is 0 Å². The number of carbonyl (C=O) groups excluding carboxylic acids is 1. The van der Waals surface area contributed by atoms with Crippen molar-refractivity contribution < 1.29 is 19.7 Å². The fourth-order valence-electron chi connectivity index (χ4n) is 2.00. The summed E-state index contributed by atoms with van der Waals surface area (Å²) in [6.07, 6.45) is 0.915. The number of carbonyl (C=O) groups is 1. The Morgan fingerprint density at radius 2 is 1.88 bits per heavy atom. The van der Waals surface area contributed by atoms with Gasteiger partial charge in [0.1, 0.15) is 17.2 Å². The molecule has 0 spiro atoms. The van der Waals surface area contributed by atoms with Crippen LogP contribution in [0.25, 0.3) is 0 Å². The molecule has 0 aliphatic carbocycles. The van der Waals surface area contributed by atoms with Crippen molar-refractivity contribution in [3.05, 3.63) is 53.6 Å². The smallest absolute Gasteiger partial charge is 0.271 e. The zero-order chi connectivity index (χ0) is 17.5. The fourth-order valence-corrected chi connectivity index (χ4v) is 2.00. The van der Waals surface area contributed by atoms with Crippen molar-refractivity contribution in [2.75, 3.05) is 6.61 Å². The predicted molar refractivity (Wildman–Crippen MR) is 91.7 cm³/mol. The molecular formula is C18H20N2O4. The predicted octanol–water partition coefficient (Wildman–Crippen LogP) is 3.04. The molecule has 1 amide bonds. The van der Waals surface area contributed by atoms with Gasteiger partial charge in [-0.25, -0.2) is 5.43 Å². The molecule has 0 saturated carbocycles. The number of hydrazone groups is 1. The van der Waals surface area contributed by atoms with Crippen molar-refractivity contribution in [2.45, 2.75) is 20.3 Å². The molecule has 0 bridgehead atoms. The monoisotopic (exact) mass is 328 g/mol. The quantitative estimate of drug-likeness (QED) is 0.432. The van der Waals surface area contributed by atoms with E-state index in [4.69, 9.17) is 4.74 Å². The molecule has 24 heavy (non-hydrogen) atoms. The second-order valence-electron chi connectivity index (χ2n) is 5.21. The van der Waals surface area contributed by atoms with E-state index in [9.17, 15) is 15.0 Å². The highest BCUT2D eigenvalue weighted by Crippen LogP contribution is 2.22. The second kappa shape index (κ2) is 8.01. The standard InChI is InChI=1S/C18H20N2O4/c1-3-10-24-15-7-4-13(5-8-15)18(23)20-19-12(2)16-11-14(21)6-9-17(16)22/h4-9,11,21-22H,3,10H2,1-2H3,(H,20,23)/b19-12+. The Balaban J connectivity index is 2.05. The first-order valence-electron chi connectivity index (χ1n) is 7.61. The minimum Gasteiger partial charge on any atom is -0.508 e. The van der Waals surface area contributed by atoms with Crippen LogP contribution in [0.1, 0.15) is 36.2 Å². The van der Waals surface area contributed by atoms with Crippen LogP contribution in [0.5, 0.6) is 17.2 Å². The molecule has 3 N–H and O–H groups in total. The molecule has 0 radical (unpaired) electrons. The van der Waals surface area contributed by atoms with Gasteiger partial charge in [0.2, 0.25) is 0 Å². The Hall–Kier alpha value is -3.02. The number of nitrogens with one attached hydrogen (secondary N) is 1. The van der Waals surface area contributed by atoms with Gasteiger partial charge in [-0.05, 0) is 55.8 Å². The van der Waals surface area contributed by atoms with E-state index in [2.05, 4.69) is 10.5 Å². The third kappa shape index (κ3) is 4.49. The number of benzene rings is 2. The number of aromatic hydroxyl groups is 2. The summed E-state index contributed by atoms with van der Waals surface area (Å²) in [7, 11) is 0. The molecule has 0 heterocycles. The highest BCUT2D eigenvalue weighted by Gasteiger charge is 2.08. The minimum atomic E-state index is -0.379. The van der Waals surface area contributed by atoms with Crippen LogP contribution in [0.4, 0.5) is 0 Å². The summed E-state index contributed by atoms with van der Waals surface area (Å²) >= 11 is 0. The maximum atomic E-state index is 12.1. The van der Waals surface area contributed by atoms with Crippen molar-refractivity contribution in [1.29, 1.82) is 0 Å². The molecule has 0 aliphatic heterocycles. The summed E-state index contributed by atoms with van der Waals surface area (Å²) in [5, 5.41) is 23.2. The molecule has 6 nitrogen and oxygen atoms in total. The van der Waals surface area contributed by atoms with Gasteiger partial charge in [-0.2, -0.15) is 5.10 Å². The highest BCUT2D eigenvalue weighted by molar-refractivity contribution is 6.02. The molecule has 2 aromatic carbocycles. The summed E-state index contributed by atoms with van der Waals surface area (Å²) < 4.78 is 5.46. The summed E-state index contributed by atoms with van der Waals surface area (Å²) in [5.41, 5.74) is 3.58. The highest BCUT2D eigenvalue weighted by atomic mass is 16.5. The molecular weight excluding hydrogens is 308 g/mol. The number of amides is 1.